The van der Waals surface area contributed by atoms with Gasteiger partial charge in [-0.05, 0) is 25.7 Å². The molecule has 0 rings (SSSR count). The van der Waals surface area contributed by atoms with Gasteiger partial charge in [0.2, 0.25) is 0 Å². The summed E-state index contributed by atoms with van der Waals surface area (Å²) in [5.74, 6) is 5.01. The molecule has 0 heterocycles. The van der Waals surface area contributed by atoms with Crippen LogP contribution >= 0.6 is 0 Å². The lowest BCUT2D eigenvalue weighted by Crippen LogP contribution is -2.12. The van der Waals surface area contributed by atoms with E-state index in [2.05, 4.69) is 18.8 Å². The molecular weight excluding hydrogens is 328 g/mol. The molecule has 140 valence electrons. The van der Waals surface area contributed by atoms with Crippen LogP contribution in [0.15, 0.2) is 0 Å². The number of carboxylic acids is 1. The Hall–Kier alpha value is -1.06. The summed E-state index contributed by atoms with van der Waals surface area (Å²) in [6.45, 7) is 2.08. The largest absolute Gasteiger partial charge is 0.481 e. The van der Waals surface area contributed by atoms with E-state index in [0.29, 0.717) is 6.42 Å². The predicted molar refractivity (Wildman–Crippen MR) is 96.5 cm³/mol. The first kappa shape index (κ1) is 22.9. The second kappa shape index (κ2) is 14.3. The van der Waals surface area contributed by atoms with Gasteiger partial charge in [-0.15, -0.1) is 5.92 Å². The van der Waals surface area contributed by atoms with E-state index in [4.69, 9.17) is 5.11 Å². The maximum Gasteiger partial charge on any atom is 0.303 e. The van der Waals surface area contributed by atoms with Gasteiger partial charge in [-0.1, -0.05) is 44.9 Å². The molecule has 0 saturated carbocycles. The van der Waals surface area contributed by atoms with Crippen LogP contribution in [0, 0.1) is 11.8 Å². The molecule has 0 spiro atoms. The van der Waals surface area contributed by atoms with Crippen molar-refractivity contribution in [2.75, 3.05) is 11.5 Å². The summed E-state index contributed by atoms with van der Waals surface area (Å²) in [4.78, 5) is 10.4. The topological polar surface area (TPSA) is 91.7 Å². The first-order valence-corrected chi connectivity index (χ1v) is 10.8. The number of carbonyl (C=O) groups is 1. The maximum atomic E-state index is 11.7. The summed E-state index contributed by atoms with van der Waals surface area (Å²) in [7, 11) is -3.11. The first-order chi connectivity index (χ1) is 11.4. The summed E-state index contributed by atoms with van der Waals surface area (Å²) in [5, 5.41) is 18.1. The maximum absolute atomic E-state index is 11.7. The van der Waals surface area contributed by atoms with Crippen molar-refractivity contribution in [1.29, 1.82) is 0 Å². The Bertz CT molecular complexity index is 487. The number of unbranched alkanes of at least 4 members (excludes halogenated alkanes) is 6. The fourth-order valence-electron chi connectivity index (χ4n) is 2.27. The Balaban J connectivity index is 3.57. The molecule has 2 N–H and O–H groups in total. The quantitative estimate of drug-likeness (QED) is 0.367. The van der Waals surface area contributed by atoms with Crippen molar-refractivity contribution in [2.24, 2.45) is 0 Å². The number of aliphatic hydroxyl groups is 1. The summed E-state index contributed by atoms with van der Waals surface area (Å²) < 4.78 is 23.4. The Morgan fingerprint density at radius 2 is 1.62 bits per heavy atom. The van der Waals surface area contributed by atoms with Gasteiger partial charge in [-0.3, -0.25) is 4.79 Å². The molecule has 24 heavy (non-hydrogen) atoms. The fraction of sp³-hybridized carbons (Fsp3) is 0.833. The number of carboxylic acid groups (broad SMARTS) is 1. The summed E-state index contributed by atoms with van der Waals surface area (Å²) >= 11 is 0. The van der Waals surface area contributed by atoms with E-state index in [1.165, 1.54) is 0 Å². The van der Waals surface area contributed by atoms with E-state index in [-0.39, 0.29) is 24.3 Å². The highest BCUT2D eigenvalue weighted by molar-refractivity contribution is 7.91. The van der Waals surface area contributed by atoms with Gasteiger partial charge >= 0.3 is 5.97 Å². The number of hydrogen-bond acceptors (Lipinski definition) is 4. The number of rotatable bonds is 14. The van der Waals surface area contributed by atoms with E-state index in [1.54, 1.807) is 0 Å². The second-order valence-corrected chi connectivity index (χ2v) is 8.45. The van der Waals surface area contributed by atoms with Crippen LogP contribution in [0.3, 0.4) is 0 Å². The molecule has 1 atom stereocenters. The van der Waals surface area contributed by atoms with Crippen molar-refractivity contribution < 1.29 is 23.4 Å². The van der Waals surface area contributed by atoms with Crippen LogP contribution in [0.4, 0.5) is 0 Å². The van der Waals surface area contributed by atoms with Crippen LogP contribution in [-0.2, 0) is 14.6 Å². The van der Waals surface area contributed by atoms with E-state index in [9.17, 15) is 18.3 Å². The van der Waals surface area contributed by atoms with Crippen molar-refractivity contribution in [2.45, 2.75) is 83.7 Å². The lowest BCUT2D eigenvalue weighted by molar-refractivity contribution is -0.137. The monoisotopic (exact) mass is 360 g/mol. The number of sulfone groups is 1. The van der Waals surface area contributed by atoms with Crippen LogP contribution < -0.4 is 0 Å². The SMILES string of the molecule is CCCCC(O)C#CCCCCCCCS(=O)(=O)CCCC(=O)O. The zero-order chi connectivity index (χ0) is 18.3. The Labute approximate surface area is 146 Å². The molecule has 0 aromatic carbocycles. The van der Waals surface area contributed by atoms with Crippen molar-refractivity contribution in [3.8, 4) is 11.8 Å². The van der Waals surface area contributed by atoms with E-state index in [0.717, 1.165) is 51.4 Å². The molecule has 0 radical (unpaired) electrons. The molecule has 0 aliphatic rings. The lowest BCUT2D eigenvalue weighted by atomic mass is 10.1. The highest BCUT2D eigenvalue weighted by atomic mass is 32.2. The smallest absolute Gasteiger partial charge is 0.303 e. The van der Waals surface area contributed by atoms with Crippen LogP contribution in [0.2, 0.25) is 0 Å². The van der Waals surface area contributed by atoms with Gasteiger partial charge in [0, 0.05) is 12.8 Å². The average Bonchev–Trinajstić information content (AvgIpc) is 2.50. The minimum Gasteiger partial charge on any atom is -0.481 e. The van der Waals surface area contributed by atoms with Gasteiger partial charge in [-0.2, -0.15) is 0 Å². The predicted octanol–water partition coefficient (Wildman–Crippen LogP) is 3.16. The third-order valence-corrected chi connectivity index (χ3v) is 5.52. The molecule has 0 aromatic rings. The highest BCUT2D eigenvalue weighted by Crippen LogP contribution is 2.08. The third-order valence-electron chi connectivity index (χ3n) is 3.70. The van der Waals surface area contributed by atoms with Crippen LogP contribution in [0.5, 0.6) is 0 Å². The van der Waals surface area contributed by atoms with Gasteiger partial charge in [0.15, 0.2) is 0 Å². The fourth-order valence-corrected chi connectivity index (χ4v) is 3.70. The molecule has 0 fully saturated rings. The minimum atomic E-state index is -3.11. The Kier molecular flexibility index (Phi) is 13.7. The average molecular weight is 361 g/mol. The molecule has 0 aliphatic carbocycles. The molecule has 0 aromatic heterocycles. The summed E-state index contributed by atoms with van der Waals surface area (Å²) in [6.07, 6.45) is 7.64. The molecule has 0 amide bonds. The standard InChI is InChI=1S/C18H32O5S/c1-2-3-12-17(19)13-9-7-5-4-6-8-10-15-24(22,23)16-11-14-18(20)21/h17,19H,2-8,10-12,14-16H2,1H3,(H,20,21). The molecule has 1 unspecified atom stereocenters. The lowest BCUT2D eigenvalue weighted by Gasteiger charge is -2.03. The van der Waals surface area contributed by atoms with E-state index >= 15 is 0 Å². The van der Waals surface area contributed by atoms with Gasteiger partial charge in [0.1, 0.15) is 15.9 Å². The second-order valence-electron chi connectivity index (χ2n) is 6.15. The molecule has 6 heteroatoms. The van der Waals surface area contributed by atoms with Gasteiger partial charge in [0.05, 0.1) is 11.5 Å². The van der Waals surface area contributed by atoms with Gasteiger partial charge in [-0.25, -0.2) is 8.42 Å². The Morgan fingerprint density at radius 1 is 1.00 bits per heavy atom. The van der Waals surface area contributed by atoms with Crippen LogP contribution in [-0.4, -0.2) is 42.2 Å². The van der Waals surface area contributed by atoms with Crippen molar-refractivity contribution in [3.05, 3.63) is 0 Å². The summed E-state index contributed by atoms with van der Waals surface area (Å²) in [5.41, 5.74) is 0. The molecule has 5 nitrogen and oxygen atoms in total. The number of aliphatic carboxylic acids is 1. The van der Waals surface area contributed by atoms with Crippen LogP contribution in [0.1, 0.15) is 77.6 Å². The molecule has 0 bridgehead atoms. The van der Waals surface area contributed by atoms with Crippen molar-refractivity contribution in [1.82, 2.24) is 0 Å². The molecule has 0 aliphatic heterocycles. The highest BCUT2D eigenvalue weighted by Gasteiger charge is 2.11. The first-order valence-electron chi connectivity index (χ1n) is 8.96. The summed E-state index contributed by atoms with van der Waals surface area (Å²) in [6, 6.07) is 0. The zero-order valence-corrected chi connectivity index (χ0v) is 15.6. The van der Waals surface area contributed by atoms with Gasteiger partial charge < -0.3 is 10.2 Å². The normalized spacial score (nSPS) is 12.4. The third kappa shape index (κ3) is 15.8. The minimum absolute atomic E-state index is 0.0325. The molecule has 0 saturated heterocycles. The van der Waals surface area contributed by atoms with Crippen molar-refractivity contribution in [3.63, 3.8) is 0 Å². The van der Waals surface area contributed by atoms with Gasteiger partial charge in [0.25, 0.3) is 0 Å². The van der Waals surface area contributed by atoms with Crippen LogP contribution in [0.25, 0.3) is 0 Å². The number of aliphatic hydroxyl groups excluding tert-OH is 1. The van der Waals surface area contributed by atoms with E-state index in [1.807, 2.05) is 0 Å². The van der Waals surface area contributed by atoms with Crippen molar-refractivity contribution >= 4 is 15.8 Å². The zero-order valence-electron chi connectivity index (χ0n) is 14.8. The molecular formula is C18H32O5S. The van der Waals surface area contributed by atoms with E-state index < -0.39 is 21.9 Å². The Morgan fingerprint density at radius 3 is 2.29 bits per heavy atom. The number of hydrogen-bond donors (Lipinski definition) is 2.